The zero-order valence-electron chi connectivity index (χ0n) is 19.2. The largest absolute Gasteiger partial charge is 0.446 e. The van der Waals surface area contributed by atoms with E-state index in [-0.39, 0.29) is 16.3 Å². The molecule has 0 bridgehead atoms. The smallest absolute Gasteiger partial charge is 0.345 e. The van der Waals surface area contributed by atoms with Gasteiger partial charge in [0, 0.05) is 10.0 Å². The first-order valence-corrected chi connectivity index (χ1v) is 12.2. The summed E-state index contributed by atoms with van der Waals surface area (Å²) in [6.45, 7) is 0. The van der Waals surface area contributed by atoms with E-state index in [0.29, 0.717) is 17.1 Å². The Hall–Kier alpha value is -4.14. The minimum Gasteiger partial charge on any atom is -0.446 e. The minimum absolute atomic E-state index is 0.224. The van der Waals surface area contributed by atoms with Gasteiger partial charge in [0.1, 0.15) is 17.2 Å². The molecule has 0 atom stereocenters. The number of amides is 1. The van der Waals surface area contributed by atoms with Crippen LogP contribution in [0.3, 0.4) is 0 Å². The van der Waals surface area contributed by atoms with E-state index in [2.05, 4.69) is 26.5 Å². The minimum atomic E-state index is -1.32. The highest BCUT2D eigenvalue weighted by Crippen LogP contribution is 2.24. The van der Waals surface area contributed by atoms with Crippen LogP contribution in [0.15, 0.2) is 113 Å². The number of nitrogens with zero attached hydrogens (tertiary/aromatic N) is 1. The number of para-hydroxylation sites is 2. The van der Waals surface area contributed by atoms with Crippen molar-refractivity contribution in [2.75, 3.05) is 0 Å². The summed E-state index contributed by atoms with van der Waals surface area (Å²) in [5.74, 6) is -0.150. The maximum atomic E-state index is 12.9. The predicted molar refractivity (Wildman–Crippen MR) is 144 cm³/mol. The summed E-state index contributed by atoms with van der Waals surface area (Å²) < 4.78 is 17.7. The number of benzene rings is 4. The molecule has 37 heavy (non-hydrogen) atoms. The molecular formula is C28H20BrClN2O5. The lowest BCUT2D eigenvalue weighted by Crippen LogP contribution is -2.40. The van der Waals surface area contributed by atoms with Gasteiger partial charge in [0.15, 0.2) is 0 Å². The van der Waals surface area contributed by atoms with Gasteiger partial charge < -0.3 is 14.2 Å². The number of nitrogens with one attached hydrogen (secondary N) is 1. The molecule has 1 N–H and O–H groups in total. The van der Waals surface area contributed by atoms with Crippen LogP contribution in [0, 0.1) is 0 Å². The van der Waals surface area contributed by atoms with E-state index in [0.717, 1.165) is 4.47 Å². The molecule has 0 unspecified atom stereocenters. The SMILES string of the molecule is O=C(Oc1ccc(Br)cc1C=NNC(=O)C(Oc1ccccc1)Oc1ccccc1)c1ccccc1Cl. The summed E-state index contributed by atoms with van der Waals surface area (Å²) in [5, 5.41) is 4.30. The lowest BCUT2D eigenvalue weighted by molar-refractivity contribution is -0.140. The van der Waals surface area contributed by atoms with Crippen LogP contribution in [0.1, 0.15) is 15.9 Å². The van der Waals surface area contributed by atoms with Crippen LogP contribution in [0.25, 0.3) is 0 Å². The van der Waals surface area contributed by atoms with Crippen LogP contribution >= 0.6 is 27.5 Å². The highest BCUT2D eigenvalue weighted by Gasteiger charge is 2.22. The van der Waals surface area contributed by atoms with E-state index in [9.17, 15) is 9.59 Å². The third-order valence-corrected chi connectivity index (χ3v) is 5.66. The van der Waals surface area contributed by atoms with Crippen molar-refractivity contribution in [3.05, 3.63) is 124 Å². The number of carbonyl (C=O) groups is 2. The Kier molecular flexibility index (Phi) is 8.91. The lowest BCUT2D eigenvalue weighted by atomic mass is 10.2. The maximum absolute atomic E-state index is 12.9. The molecule has 0 fully saturated rings. The van der Waals surface area contributed by atoms with Crippen LogP contribution in [0.2, 0.25) is 5.02 Å². The molecular weight excluding hydrogens is 560 g/mol. The van der Waals surface area contributed by atoms with E-state index < -0.39 is 18.2 Å². The molecule has 0 spiro atoms. The Balaban J connectivity index is 1.49. The third kappa shape index (κ3) is 7.42. The standard InChI is InChI=1S/C28H20BrClN2O5/c29-20-15-16-25(37-27(34)23-13-7-8-14-24(23)30)19(17-20)18-31-32-26(33)28(35-21-9-3-1-4-10-21)36-22-11-5-2-6-12-22/h1-18,28H,(H,32,33). The molecule has 0 aliphatic carbocycles. The quantitative estimate of drug-likeness (QED) is 0.0832. The molecule has 0 aliphatic heterocycles. The molecule has 4 aromatic carbocycles. The van der Waals surface area contributed by atoms with E-state index in [4.69, 9.17) is 25.8 Å². The molecule has 186 valence electrons. The van der Waals surface area contributed by atoms with Crippen molar-refractivity contribution in [1.29, 1.82) is 0 Å². The molecule has 0 radical (unpaired) electrons. The zero-order valence-corrected chi connectivity index (χ0v) is 21.6. The van der Waals surface area contributed by atoms with E-state index in [1.807, 2.05) is 12.1 Å². The Morgan fingerprint density at radius 1 is 0.838 bits per heavy atom. The average Bonchev–Trinajstić information content (AvgIpc) is 2.91. The zero-order chi connectivity index (χ0) is 26.0. The second-order valence-electron chi connectivity index (χ2n) is 7.48. The number of halogens is 2. The fourth-order valence-electron chi connectivity index (χ4n) is 3.09. The number of carbonyl (C=O) groups excluding carboxylic acids is 2. The van der Waals surface area contributed by atoms with Crippen LogP contribution in [-0.2, 0) is 4.79 Å². The van der Waals surface area contributed by atoms with Crippen molar-refractivity contribution in [1.82, 2.24) is 5.43 Å². The van der Waals surface area contributed by atoms with Gasteiger partial charge in [-0.3, -0.25) is 4.79 Å². The summed E-state index contributed by atoms with van der Waals surface area (Å²) in [5.41, 5.74) is 3.07. The molecule has 4 rings (SSSR count). The van der Waals surface area contributed by atoms with Crippen molar-refractivity contribution in [2.24, 2.45) is 5.10 Å². The molecule has 0 aromatic heterocycles. The number of hydrazone groups is 1. The van der Waals surface area contributed by atoms with Gasteiger partial charge in [0.2, 0.25) is 0 Å². The summed E-state index contributed by atoms with van der Waals surface area (Å²) in [7, 11) is 0. The van der Waals surface area contributed by atoms with E-state index >= 15 is 0 Å². The molecule has 0 aliphatic rings. The van der Waals surface area contributed by atoms with Crippen molar-refractivity contribution >= 4 is 45.6 Å². The van der Waals surface area contributed by atoms with Crippen molar-refractivity contribution in [3.63, 3.8) is 0 Å². The Labute approximate surface area is 226 Å². The average molecular weight is 580 g/mol. The lowest BCUT2D eigenvalue weighted by Gasteiger charge is -2.18. The second-order valence-corrected chi connectivity index (χ2v) is 8.80. The number of hydrogen-bond donors (Lipinski definition) is 1. The maximum Gasteiger partial charge on any atom is 0.345 e. The molecule has 0 saturated heterocycles. The van der Waals surface area contributed by atoms with E-state index in [1.54, 1.807) is 91.0 Å². The topological polar surface area (TPSA) is 86.2 Å². The van der Waals surface area contributed by atoms with Crippen LogP contribution in [-0.4, -0.2) is 24.4 Å². The van der Waals surface area contributed by atoms with Crippen LogP contribution < -0.4 is 19.6 Å². The highest BCUT2D eigenvalue weighted by molar-refractivity contribution is 9.10. The molecule has 4 aromatic rings. The van der Waals surface area contributed by atoms with Crippen LogP contribution in [0.5, 0.6) is 17.2 Å². The predicted octanol–water partition coefficient (Wildman–Crippen LogP) is 6.26. The summed E-state index contributed by atoms with van der Waals surface area (Å²) in [6, 6.07) is 29.2. The van der Waals surface area contributed by atoms with E-state index in [1.165, 1.54) is 6.21 Å². The molecule has 0 saturated carbocycles. The first-order valence-electron chi connectivity index (χ1n) is 11.0. The van der Waals surface area contributed by atoms with Gasteiger partial charge in [-0.25, -0.2) is 10.2 Å². The fourth-order valence-corrected chi connectivity index (χ4v) is 3.68. The number of hydrogen-bond acceptors (Lipinski definition) is 6. The Bertz CT molecular complexity index is 1360. The van der Waals surface area contributed by atoms with Crippen LogP contribution in [0.4, 0.5) is 0 Å². The molecule has 7 nitrogen and oxygen atoms in total. The van der Waals surface area contributed by atoms with Gasteiger partial charge in [-0.05, 0) is 54.6 Å². The van der Waals surface area contributed by atoms with Gasteiger partial charge in [-0.1, -0.05) is 76.1 Å². The van der Waals surface area contributed by atoms with Crippen molar-refractivity contribution in [3.8, 4) is 17.2 Å². The monoisotopic (exact) mass is 578 g/mol. The number of ether oxygens (including phenoxy) is 3. The highest BCUT2D eigenvalue weighted by atomic mass is 79.9. The number of esters is 1. The summed E-state index contributed by atoms with van der Waals surface area (Å²) in [6.07, 6.45) is 0.0296. The van der Waals surface area contributed by atoms with Gasteiger partial charge in [-0.2, -0.15) is 5.10 Å². The van der Waals surface area contributed by atoms with Crippen molar-refractivity contribution in [2.45, 2.75) is 6.29 Å². The second kappa shape index (κ2) is 12.7. The first kappa shape index (κ1) is 25.9. The van der Waals surface area contributed by atoms with Gasteiger partial charge in [0.25, 0.3) is 0 Å². The Morgan fingerprint density at radius 2 is 1.43 bits per heavy atom. The van der Waals surface area contributed by atoms with Gasteiger partial charge >= 0.3 is 18.2 Å². The summed E-state index contributed by atoms with van der Waals surface area (Å²) >= 11 is 9.50. The number of rotatable bonds is 9. The fraction of sp³-hybridized carbons (Fsp3) is 0.0357. The molecule has 1 amide bonds. The Morgan fingerprint density at radius 3 is 2.05 bits per heavy atom. The van der Waals surface area contributed by atoms with Crippen molar-refractivity contribution < 1.29 is 23.8 Å². The summed E-state index contributed by atoms with van der Waals surface area (Å²) in [4.78, 5) is 25.5. The van der Waals surface area contributed by atoms with Gasteiger partial charge in [-0.15, -0.1) is 0 Å². The normalized spacial score (nSPS) is 10.8. The molecule has 9 heteroatoms. The first-order chi connectivity index (χ1) is 18.0. The van der Waals surface area contributed by atoms with Gasteiger partial charge in [0.05, 0.1) is 16.8 Å². The third-order valence-electron chi connectivity index (χ3n) is 4.83. The molecule has 0 heterocycles.